The van der Waals surface area contributed by atoms with Crippen molar-refractivity contribution in [3.05, 3.63) is 65.1 Å². The maximum Gasteiger partial charge on any atom is 0.309 e. The molecule has 3 aromatic rings. The van der Waals surface area contributed by atoms with Crippen LogP contribution in [0.1, 0.15) is 65.1 Å². The van der Waals surface area contributed by atoms with E-state index >= 15 is 0 Å². The minimum absolute atomic E-state index is 0.0209. The van der Waals surface area contributed by atoms with Gasteiger partial charge >= 0.3 is 5.97 Å². The van der Waals surface area contributed by atoms with Crippen molar-refractivity contribution in [2.45, 2.75) is 45.1 Å². The predicted octanol–water partition coefficient (Wildman–Crippen LogP) is 3.09. The van der Waals surface area contributed by atoms with Gasteiger partial charge in [0.1, 0.15) is 17.2 Å². The van der Waals surface area contributed by atoms with Gasteiger partial charge in [0.15, 0.2) is 11.5 Å². The van der Waals surface area contributed by atoms with Crippen LogP contribution in [0.25, 0.3) is 5.65 Å². The summed E-state index contributed by atoms with van der Waals surface area (Å²) in [5, 5.41) is 19.0. The Morgan fingerprint density at radius 3 is 2.39 bits per heavy atom. The van der Waals surface area contributed by atoms with Gasteiger partial charge in [0.25, 0.3) is 11.8 Å². The lowest BCUT2D eigenvalue weighted by Gasteiger charge is -2.51. The van der Waals surface area contributed by atoms with Crippen LogP contribution in [0.3, 0.4) is 0 Å². The molecule has 0 radical (unpaired) electrons. The van der Waals surface area contributed by atoms with Gasteiger partial charge in [-0.15, -0.1) is 0 Å². The van der Waals surface area contributed by atoms with Crippen molar-refractivity contribution < 1.29 is 28.3 Å². The lowest BCUT2D eigenvalue weighted by Crippen LogP contribution is -2.50. The number of hydrogen-bond acceptors (Lipinski definition) is 5. The zero-order chi connectivity index (χ0) is 25.5. The molecule has 188 valence electrons. The zero-order valence-electron chi connectivity index (χ0n) is 19.4. The summed E-state index contributed by atoms with van der Waals surface area (Å²) >= 11 is 0. The van der Waals surface area contributed by atoms with E-state index in [0.717, 1.165) is 10.7 Å². The highest BCUT2D eigenvalue weighted by atomic mass is 19.1. The second-order valence-electron chi connectivity index (χ2n) is 9.84. The molecule has 1 aromatic carbocycles. The Kier molecular flexibility index (Phi) is 5.93. The minimum atomic E-state index is -0.785. The van der Waals surface area contributed by atoms with Crippen molar-refractivity contribution in [2.75, 3.05) is 6.54 Å². The average molecular weight is 498 g/mol. The summed E-state index contributed by atoms with van der Waals surface area (Å²) in [6.45, 7) is 0.364. The predicted molar refractivity (Wildman–Crippen MR) is 123 cm³/mol. The molecule has 3 aliphatic rings. The third-order valence-electron chi connectivity index (χ3n) is 7.72. The zero-order valence-corrected chi connectivity index (χ0v) is 19.4. The molecule has 3 N–H and O–H groups in total. The first kappa shape index (κ1) is 23.8. The number of nitrogens with zero attached hydrogens (tertiary/aromatic N) is 3. The Morgan fingerprint density at radius 2 is 1.72 bits per heavy atom. The van der Waals surface area contributed by atoms with Gasteiger partial charge in [-0.1, -0.05) is 12.1 Å². The molecular weight excluding hydrogens is 472 g/mol. The fourth-order valence-corrected chi connectivity index (χ4v) is 5.34. The summed E-state index contributed by atoms with van der Waals surface area (Å²) in [5.74, 6) is -3.17. The molecule has 3 fully saturated rings. The fourth-order valence-electron chi connectivity index (χ4n) is 5.34. The van der Waals surface area contributed by atoms with Crippen LogP contribution >= 0.6 is 0 Å². The van der Waals surface area contributed by atoms with Crippen LogP contribution in [-0.2, 0) is 11.3 Å². The molecule has 36 heavy (non-hydrogen) atoms. The van der Waals surface area contributed by atoms with Gasteiger partial charge in [-0.2, -0.15) is 5.10 Å². The molecule has 9 nitrogen and oxygen atoms in total. The summed E-state index contributed by atoms with van der Waals surface area (Å²) in [6.07, 6.45) is 4.77. The number of carbonyl (C=O) groups is 3. The number of aromatic nitrogens is 3. The van der Waals surface area contributed by atoms with Crippen LogP contribution in [0.15, 0.2) is 36.5 Å². The van der Waals surface area contributed by atoms with Gasteiger partial charge in [-0.3, -0.25) is 14.4 Å². The molecule has 2 aromatic heterocycles. The highest BCUT2D eigenvalue weighted by Crippen LogP contribution is 2.56. The van der Waals surface area contributed by atoms with E-state index in [2.05, 4.69) is 20.7 Å². The van der Waals surface area contributed by atoms with E-state index in [1.807, 2.05) is 0 Å². The Morgan fingerprint density at radius 1 is 1.00 bits per heavy atom. The largest absolute Gasteiger partial charge is 0.481 e. The van der Waals surface area contributed by atoms with Crippen LogP contribution < -0.4 is 10.6 Å². The van der Waals surface area contributed by atoms with Crippen molar-refractivity contribution in [3.63, 3.8) is 0 Å². The van der Waals surface area contributed by atoms with Crippen molar-refractivity contribution in [1.29, 1.82) is 0 Å². The van der Waals surface area contributed by atoms with E-state index in [4.69, 9.17) is 0 Å². The second kappa shape index (κ2) is 8.96. The van der Waals surface area contributed by atoms with E-state index in [9.17, 15) is 28.3 Å². The maximum atomic E-state index is 14.3. The van der Waals surface area contributed by atoms with Gasteiger partial charge < -0.3 is 15.7 Å². The number of halogens is 2. The molecule has 2 amide bonds. The van der Waals surface area contributed by atoms with Gasteiger partial charge in [0, 0.05) is 19.2 Å². The Balaban J connectivity index is 1.32. The topological polar surface area (TPSA) is 126 Å². The molecule has 2 heterocycles. The second-order valence-corrected chi connectivity index (χ2v) is 9.84. The van der Waals surface area contributed by atoms with E-state index in [1.165, 1.54) is 24.3 Å². The summed E-state index contributed by atoms with van der Waals surface area (Å²) in [4.78, 5) is 41.6. The summed E-state index contributed by atoms with van der Waals surface area (Å²) in [6, 6.07) is 6.97. The fraction of sp³-hybridized carbons (Fsp3) is 0.400. The van der Waals surface area contributed by atoms with Gasteiger partial charge in [0.05, 0.1) is 11.6 Å². The van der Waals surface area contributed by atoms with Crippen LogP contribution in [-0.4, -0.2) is 44.0 Å². The van der Waals surface area contributed by atoms with Crippen molar-refractivity contribution >= 4 is 23.4 Å². The van der Waals surface area contributed by atoms with E-state index in [0.29, 0.717) is 50.6 Å². The van der Waals surface area contributed by atoms with E-state index < -0.39 is 34.8 Å². The van der Waals surface area contributed by atoms with Crippen LogP contribution in [0, 0.1) is 22.5 Å². The van der Waals surface area contributed by atoms with Gasteiger partial charge in [-0.05, 0) is 61.6 Å². The molecule has 0 unspecified atom stereocenters. The lowest BCUT2D eigenvalue weighted by atomic mass is 9.53. The number of amides is 2. The number of carbonyl (C=O) groups excluding carboxylic acids is 2. The highest BCUT2D eigenvalue weighted by molar-refractivity contribution is 5.98. The van der Waals surface area contributed by atoms with Gasteiger partial charge in [-0.25, -0.2) is 18.3 Å². The summed E-state index contributed by atoms with van der Waals surface area (Å²) in [5.41, 5.74) is -0.795. The first-order chi connectivity index (χ1) is 17.2. The average Bonchev–Trinajstić information content (AvgIpc) is 3.27. The van der Waals surface area contributed by atoms with Crippen molar-refractivity contribution in [3.8, 4) is 0 Å². The van der Waals surface area contributed by atoms with Crippen molar-refractivity contribution in [1.82, 2.24) is 25.2 Å². The van der Waals surface area contributed by atoms with Crippen molar-refractivity contribution in [2.24, 2.45) is 10.8 Å². The quantitative estimate of drug-likeness (QED) is 0.461. The molecule has 3 saturated carbocycles. The number of hydrogen-bond donors (Lipinski definition) is 3. The molecule has 11 heteroatoms. The molecule has 6 rings (SSSR count). The highest BCUT2D eigenvalue weighted by Gasteiger charge is 2.52. The molecular formula is C25H25F2N5O4. The van der Waals surface area contributed by atoms with Crippen LogP contribution in [0.4, 0.5) is 8.78 Å². The number of carboxylic acids is 1. The number of aliphatic carboxylic acids is 1. The smallest absolute Gasteiger partial charge is 0.309 e. The Hall–Kier alpha value is -3.89. The van der Waals surface area contributed by atoms with Crippen LogP contribution in [0.2, 0.25) is 0 Å². The lowest BCUT2D eigenvalue weighted by molar-refractivity contribution is -0.158. The SMILES string of the molecule is O=C(NCc1cccc(F)c1)c1cc(C(=O)NCC23CCC(C(=O)O)(CC2)CC3)n2ncc(F)c2n1. The maximum absolute atomic E-state index is 14.3. The molecule has 2 bridgehead atoms. The normalized spacial score (nSPS) is 22.9. The number of rotatable bonds is 7. The Labute approximate surface area is 204 Å². The molecule has 0 spiro atoms. The number of benzene rings is 1. The number of carboxylic acid groups (broad SMARTS) is 1. The van der Waals surface area contributed by atoms with E-state index in [-0.39, 0.29) is 29.0 Å². The molecule has 0 atom stereocenters. The standard InChI is InChI=1S/C25H25F2N5O4/c26-16-3-1-2-15(10-16)12-28-21(33)18-11-19(32-20(31-18)17(27)13-30-32)22(34)29-14-24-4-7-25(8-5-24,9-6-24)23(35)36/h1-3,10-11,13H,4-9,12,14H2,(H,28,33)(H,29,34)(H,35,36). The monoisotopic (exact) mass is 497 g/mol. The third kappa shape index (κ3) is 4.29. The summed E-state index contributed by atoms with van der Waals surface area (Å²) in [7, 11) is 0. The molecule has 0 saturated heterocycles. The Bertz CT molecular complexity index is 1350. The minimum Gasteiger partial charge on any atom is -0.481 e. The summed E-state index contributed by atoms with van der Waals surface area (Å²) < 4.78 is 28.8. The first-order valence-corrected chi connectivity index (χ1v) is 11.8. The van der Waals surface area contributed by atoms with Crippen LogP contribution in [0.5, 0.6) is 0 Å². The first-order valence-electron chi connectivity index (χ1n) is 11.8. The van der Waals surface area contributed by atoms with E-state index in [1.54, 1.807) is 6.07 Å². The molecule has 3 aliphatic carbocycles. The molecule has 0 aliphatic heterocycles. The number of fused-ring (bicyclic) bond motifs is 4. The van der Waals surface area contributed by atoms with Gasteiger partial charge in [0.2, 0.25) is 0 Å². The third-order valence-corrected chi connectivity index (χ3v) is 7.72. The number of nitrogens with one attached hydrogen (secondary N) is 2.